The fraction of sp³-hybridized carbons (Fsp3) is 0.455. The van der Waals surface area contributed by atoms with Crippen molar-refractivity contribution in [2.45, 2.75) is 25.1 Å². The van der Waals surface area contributed by atoms with Crippen LogP contribution in [0.1, 0.15) is 19.4 Å². The molecule has 1 atom stereocenters. The lowest BCUT2D eigenvalue weighted by atomic mass is 10.1. The molecule has 0 saturated carbocycles. The highest BCUT2D eigenvalue weighted by molar-refractivity contribution is 7.84. The third-order valence-electron chi connectivity index (χ3n) is 1.86. The lowest BCUT2D eigenvalue weighted by Gasteiger charge is -2.17. The summed E-state index contributed by atoms with van der Waals surface area (Å²) < 4.78 is 24.5. The van der Waals surface area contributed by atoms with Gasteiger partial charge in [-0.3, -0.25) is 4.21 Å². The van der Waals surface area contributed by atoms with Crippen molar-refractivity contribution in [2.24, 2.45) is 5.73 Å². The van der Waals surface area contributed by atoms with E-state index in [1.807, 2.05) is 13.8 Å². The van der Waals surface area contributed by atoms with Crippen molar-refractivity contribution < 1.29 is 8.60 Å². The van der Waals surface area contributed by atoms with Crippen LogP contribution in [0, 0.1) is 5.82 Å². The number of hydrogen-bond acceptors (Lipinski definition) is 2. The molecule has 0 aromatic heterocycles. The van der Waals surface area contributed by atoms with Gasteiger partial charge < -0.3 is 5.73 Å². The topological polar surface area (TPSA) is 43.1 Å². The Hall–Kier alpha value is -0.450. The molecule has 2 N–H and O–H groups in total. The molecule has 16 heavy (non-hydrogen) atoms. The normalized spacial score (nSPS) is 13.8. The van der Waals surface area contributed by atoms with Crippen LogP contribution in [-0.2, 0) is 16.6 Å². The van der Waals surface area contributed by atoms with Gasteiger partial charge in [0.15, 0.2) is 0 Å². The van der Waals surface area contributed by atoms with Crippen molar-refractivity contribution in [1.82, 2.24) is 0 Å². The molecule has 0 saturated heterocycles. The molecule has 2 nitrogen and oxygen atoms in total. The second-order valence-electron chi connectivity index (χ2n) is 4.45. The molecule has 5 heteroatoms. The summed E-state index contributed by atoms with van der Waals surface area (Å²) in [6.07, 6.45) is 0. The van der Waals surface area contributed by atoms with Crippen LogP contribution in [0.5, 0.6) is 0 Å². The average Bonchev–Trinajstić information content (AvgIpc) is 2.06. The minimum absolute atomic E-state index is 0.305. The van der Waals surface area contributed by atoms with Crippen LogP contribution >= 0.6 is 11.6 Å². The van der Waals surface area contributed by atoms with E-state index in [2.05, 4.69) is 0 Å². The van der Waals surface area contributed by atoms with E-state index in [0.717, 1.165) is 0 Å². The molecule has 0 fully saturated rings. The van der Waals surface area contributed by atoms with E-state index in [-0.39, 0.29) is 0 Å². The fourth-order valence-corrected chi connectivity index (χ4v) is 3.12. The molecule has 0 aliphatic carbocycles. The van der Waals surface area contributed by atoms with E-state index in [1.165, 1.54) is 12.1 Å². The van der Waals surface area contributed by atoms with Crippen LogP contribution in [-0.4, -0.2) is 15.5 Å². The Kier molecular flexibility index (Phi) is 4.47. The van der Waals surface area contributed by atoms with Crippen LogP contribution in [0.4, 0.5) is 4.39 Å². The number of halogens is 2. The SMILES string of the molecule is CC(C)(N)CS(=O)Cc1ccc(F)cc1Cl. The number of hydrogen-bond donors (Lipinski definition) is 1. The summed E-state index contributed by atoms with van der Waals surface area (Å²) >= 11 is 5.84. The third-order valence-corrected chi connectivity index (χ3v) is 3.92. The van der Waals surface area contributed by atoms with Gasteiger partial charge in [-0.1, -0.05) is 17.7 Å². The predicted octanol–water partition coefficient (Wildman–Crippen LogP) is 2.47. The first-order valence-electron chi connectivity index (χ1n) is 4.86. The second-order valence-corrected chi connectivity index (χ2v) is 6.32. The summed E-state index contributed by atoms with van der Waals surface area (Å²) in [6.45, 7) is 3.63. The van der Waals surface area contributed by atoms with Crippen molar-refractivity contribution >= 4 is 22.4 Å². The molecular formula is C11H15ClFNOS. The van der Waals surface area contributed by atoms with E-state index in [0.29, 0.717) is 22.1 Å². The molecule has 90 valence electrons. The van der Waals surface area contributed by atoms with Gasteiger partial charge in [-0.15, -0.1) is 0 Å². The summed E-state index contributed by atoms with van der Waals surface area (Å²) in [6, 6.07) is 4.09. The van der Waals surface area contributed by atoms with Gasteiger partial charge in [-0.05, 0) is 31.5 Å². The Morgan fingerprint density at radius 3 is 2.62 bits per heavy atom. The molecule has 1 aromatic rings. The van der Waals surface area contributed by atoms with Gasteiger partial charge in [0.2, 0.25) is 0 Å². The summed E-state index contributed by atoms with van der Waals surface area (Å²) in [5.41, 5.74) is 5.98. The standard InChI is InChI=1S/C11H15ClFNOS/c1-11(2,14)7-16(15)6-8-3-4-9(13)5-10(8)12/h3-5H,6-7,14H2,1-2H3. The largest absolute Gasteiger partial charge is 0.325 e. The summed E-state index contributed by atoms with van der Waals surface area (Å²) in [7, 11) is -1.09. The van der Waals surface area contributed by atoms with Gasteiger partial charge in [0, 0.05) is 27.1 Å². The van der Waals surface area contributed by atoms with Crippen LogP contribution in [0.15, 0.2) is 18.2 Å². The highest BCUT2D eigenvalue weighted by Crippen LogP contribution is 2.19. The van der Waals surface area contributed by atoms with Crippen LogP contribution in [0.2, 0.25) is 5.02 Å². The van der Waals surface area contributed by atoms with Gasteiger partial charge in [0.1, 0.15) is 5.82 Å². The van der Waals surface area contributed by atoms with E-state index < -0.39 is 22.2 Å². The highest BCUT2D eigenvalue weighted by atomic mass is 35.5. The minimum Gasteiger partial charge on any atom is -0.325 e. The number of benzene rings is 1. The first kappa shape index (κ1) is 13.6. The van der Waals surface area contributed by atoms with Crippen molar-refractivity contribution in [3.05, 3.63) is 34.6 Å². The number of nitrogens with two attached hydrogens (primary N) is 1. The monoisotopic (exact) mass is 263 g/mol. The van der Waals surface area contributed by atoms with Gasteiger partial charge in [-0.25, -0.2) is 4.39 Å². The quantitative estimate of drug-likeness (QED) is 0.907. The first-order valence-corrected chi connectivity index (χ1v) is 6.72. The summed E-state index contributed by atoms with van der Waals surface area (Å²) in [5, 5.41) is 0.308. The number of rotatable bonds is 4. The molecule has 0 radical (unpaired) electrons. The lowest BCUT2D eigenvalue weighted by molar-refractivity contribution is 0.577. The van der Waals surface area contributed by atoms with Crippen LogP contribution < -0.4 is 5.73 Å². The molecule has 0 aliphatic rings. The zero-order chi connectivity index (χ0) is 12.3. The molecule has 0 aliphatic heterocycles. The molecule has 1 unspecified atom stereocenters. The maximum atomic E-state index is 12.8. The van der Waals surface area contributed by atoms with Crippen LogP contribution in [0.25, 0.3) is 0 Å². The summed E-state index contributed by atoms with van der Waals surface area (Å²) in [4.78, 5) is 0. The predicted molar refractivity (Wildman–Crippen MR) is 66.4 cm³/mol. The molecule has 0 heterocycles. The molecule has 1 rings (SSSR count). The Morgan fingerprint density at radius 1 is 1.50 bits per heavy atom. The molecule has 0 spiro atoms. The highest BCUT2D eigenvalue weighted by Gasteiger charge is 2.16. The van der Waals surface area contributed by atoms with Gasteiger partial charge >= 0.3 is 0 Å². The van der Waals surface area contributed by atoms with E-state index >= 15 is 0 Å². The minimum atomic E-state index is -1.09. The maximum absolute atomic E-state index is 12.8. The summed E-state index contributed by atoms with van der Waals surface area (Å²) in [5.74, 6) is 0.305. The first-order chi connectivity index (χ1) is 7.28. The second kappa shape index (κ2) is 5.25. The molecule has 1 aromatic carbocycles. The van der Waals surface area contributed by atoms with E-state index in [1.54, 1.807) is 6.07 Å². The van der Waals surface area contributed by atoms with Gasteiger partial charge in [0.25, 0.3) is 0 Å². The molecular weight excluding hydrogens is 249 g/mol. The average molecular weight is 264 g/mol. The maximum Gasteiger partial charge on any atom is 0.124 e. The van der Waals surface area contributed by atoms with Crippen molar-refractivity contribution in [3.63, 3.8) is 0 Å². The van der Waals surface area contributed by atoms with Crippen molar-refractivity contribution in [2.75, 3.05) is 5.75 Å². The molecule has 0 bridgehead atoms. The molecule has 0 amide bonds. The lowest BCUT2D eigenvalue weighted by Crippen LogP contribution is -2.38. The Balaban J connectivity index is 2.70. The Labute approximate surface area is 102 Å². The fourth-order valence-electron chi connectivity index (χ4n) is 1.28. The van der Waals surface area contributed by atoms with Gasteiger partial charge in [-0.2, -0.15) is 0 Å². The van der Waals surface area contributed by atoms with Crippen LogP contribution in [0.3, 0.4) is 0 Å². The third kappa shape index (κ3) is 4.60. The van der Waals surface area contributed by atoms with E-state index in [9.17, 15) is 8.60 Å². The smallest absolute Gasteiger partial charge is 0.124 e. The van der Waals surface area contributed by atoms with Crippen molar-refractivity contribution in [3.8, 4) is 0 Å². The Bertz CT molecular complexity index is 403. The van der Waals surface area contributed by atoms with E-state index in [4.69, 9.17) is 17.3 Å². The zero-order valence-electron chi connectivity index (χ0n) is 9.30. The van der Waals surface area contributed by atoms with Gasteiger partial charge in [0.05, 0.1) is 5.75 Å². The Morgan fingerprint density at radius 2 is 2.12 bits per heavy atom. The van der Waals surface area contributed by atoms with Crippen molar-refractivity contribution in [1.29, 1.82) is 0 Å². The zero-order valence-corrected chi connectivity index (χ0v) is 10.9.